The first kappa shape index (κ1) is 11.2. The van der Waals surface area contributed by atoms with Crippen LogP contribution in [-0.4, -0.2) is 37.5 Å². The van der Waals surface area contributed by atoms with Crippen molar-refractivity contribution in [3.63, 3.8) is 0 Å². The zero-order valence-corrected chi connectivity index (χ0v) is 9.40. The average molecular weight is 223 g/mol. The van der Waals surface area contributed by atoms with Gasteiger partial charge >= 0.3 is 0 Å². The number of pyridine rings is 1. The first-order valence-electron chi connectivity index (χ1n) is 5.41. The monoisotopic (exact) mass is 223 g/mol. The minimum Gasteiger partial charge on any atom is -0.396 e. The standard InChI is InChI=1S/C11H17N3O2/c1-8-2-3-13-11(10(8)12)14-6-9-7-15-4-5-16-9/h2-3,9H,4-7,12H2,1H3,(H,13,14). The summed E-state index contributed by atoms with van der Waals surface area (Å²) < 4.78 is 10.8. The summed E-state index contributed by atoms with van der Waals surface area (Å²) in [5.41, 5.74) is 7.62. The molecule has 0 aromatic carbocycles. The zero-order valence-electron chi connectivity index (χ0n) is 9.40. The molecular formula is C11H17N3O2. The lowest BCUT2D eigenvalue weighted by Gasteiger charge is -2.23. The van der Waals surface area contributed by atoms with Gasteiger partial charge in [0.25, 0.3) is 0 Å². The van der Waals surface area contributed by atoms with E-state index in [2.05, 4.69) is 10.3 Å². The van der Waals surface area contributed by atoms with E-state index >= 15 is 0 Å². The van der Waals surface area contributed by atoms with E-state index in [1.54, 1.807) is 6.20 Å². The normalized spacial score (nSPS) is 20.7. The molecule has 88 valence electrons. The third-order valence-electron chi connectivity index (χ3n) is 2.59. The Morgan fingerprint density at radius 1 is 1.56 bits per heavy atom. The summed E-state index contributed by atoms with van der Waals surface area (Å²) in [6.45, 7) is 4.59. The SMILES string of the molecule is Cc1ccnc(NCC2COCCO2)c1N. The van der Waals surface area contributed by atoms with Crippen LogP contribution in [0.1, 0.15) is 5.56 Å². The first-order valence-corrected chi connectivity index (χ1v) is 5.41. The lowest BCUT2D eigenvalue weighted by Crippen LogP contribution is -2.34. The van der Waals surface area contributed by atoms with Crippen molar-refractivity contribution in [2.45, 2.75) is 13.0 Å². The molecule has 1 aliphatic rings. The van der Waals surface area contributed by atoms with Crippen LogP contribution in [0.2, 0.25) is 0 Å². The summed E-state index contributed by atoms with van der Waals surface area (Å²) in [5, 5.41) is 3.18. The molecule has 2 heterocycles. The summed E-state index contributed by atoms with van der Waals surface area (Å²) in [4.78, 5) is 4.19. The van der Waals surface area contributed by atoms with Gasteiger partial charge in [0, 0.05) is 12.7 Å². The number of nitrogens with one attached hydrogen (secondary N) is 1. The van der Waals surface area contributed by atoms with Gasteiger partial charge in [-0.3, -0.25) is 0 Å². The molecule has 1 saturated heterocycles. The number of nitrogens with zero attached hydrogens (tertiary/aromatic N) is 1. The Morgan fingerprint density at radius 2 is 2.44 bits per heavy atom. The fourth-order valence-electron chi connectivity index (χ4n) is 1.58. The summed E-state index contributed by atoms with van der Waals surface area (Å²) in [5.74, 6) is 0.717. The minimum atomic E-state index is 0.0791. The summed E-state index contributed by atoms with van der Waals surface area (Å²) >= 11 is 0. The van der Waals surface area contributed by atoms with E-state index in [1.165, 1.54) is 0 Å². The maximum atomic E-state index is 5.90. The Hall–Kier alpha value is -1.33. The molecule has 0 saturated carbocycles. The zero-order chi connectivity index (χ0) is 11.4. The van der Waals surface area contributed by atoms with E-state index in [0.29, 0.717) is 37.9 Å². The second kappa shape index (κ2) is 5.14. The van der Waals surface area contributed by atoms with Crippen LogP contribution in [0, 0.1) is 6.92 Å². The predicted octanol–water partition coefficient (Wildman–Crippen LogP) is 0.800. The van der Waals surface area contributed by atoms with Crippen LogP contribution in [-0.2, 0) is 9.47 Å². The number of hydrogen-bond acceptors (Lipinski definition) is 5. The molecule has 1 aliphatic heterocycles. The number of aryl methyl sites for hydroxylation is 1. The van der Waals surface area contributed by atoms with E-state index < -0.39 is 0 Å². The van der Waals surface area contributed by atoms with Gasteiger partial charge in [-0.2, -0.15) is 0 Å². The predicted molar refractivity (Wildman–Crippen MR) is 62.4 cm³/mol. The molecule has 0 amide bonds. The molecule has 3 N–H and O–H groups in total. The van der Waals surface area contributed by atoms with Gasteiger partial charge in [0.1, 0.15) is 5.82 Å². The molecule has 0 bridgehead atoms. The number of anilines is 2. The Bertz CT molecular complexity index is 351. The van der Waals surface area contributed by atoms with Crippen LogP contribution in [0.15, 0.2) is 12.3 Å². The van der Waals surface area contributed by atoms with E-state index in [9.17, 15) is 0 Å². The lowest BCUT2D eigenvalue weighted by molar-refractivity contribution is -0.0819. The van der Waals surface area contributed by atoms with Gasteiger partial charge in [0.15, 0.2) is 0 Å². The lowest BCUT2D eigenvalue weighted by atomic mass is 10.2. The van der Waals surface area contributed by atoms with Gasteiger partial charge < -0.3 is 20.5 Å². The molecule has 1 unspecified atom stereocenters. The molecule has 16 heavy (non-hydrogen) atoms. The number of rotatable bonds is 3. The molecule has 5 nitrogen and oxygen atoms in total. The second-order valence-electron chi connectivity index (χ2n) is 3.84. The summed E-state index contributed by atoms with van der Waals surface area (Å²) in [7, 11) is 0. The molecule has 2 rings (SSSR count). The molecule has 1 aromatic rings. The first-order chi connectivity index (χ1) is 7.77. The van der Waals surface area contributed by atoms with Crippen molar-refractivity contribution in [2.75, 3.05) is 37.4 Å². The Labute approximate surface area is 95.0 Å². The Balaban J connectivity index is 1.91. The quantitative estimate of drug-likeness (QED) is 0.793. The van der Waals surface area contributed by atoms with Gasteiger partial charge in [-0.15, -0.1) is 0 Å². The van der Waals surface area contributed by atoms with E-state index in [1.807, 2.05) is 13.0 Å². The van der Waals surface area contributed by atoms with Crippen molar-refractivity contribution in [3.8, 4) is 0 Å². The van der Waals surface area contributed by atoms with E-state index in [0.717, 1.165) is 5.56 Å². The second-order valence-corrected chi connectivity index (χ2v) is 3.84. The van der Waals surface area contributed by atoms with Crippen molar-refractivity contribution >= 4 is 11.5 Å². The fourth-order valence-corrected chi connectivity index (χ4v) is 1.58. The van der Waals surface area contributed by atoms with Crippen molar-refractivity contribution < 1.29 is 9.47 Å². The van der Waals surface area contributed by atoms with Crippen LogP contribution >= 0.6 is 0 Å². The fraction of sp³-hybridized carbons (Fsp3) is 0.545. The molecule has 1 fully saturated rings. The summed E-state index contributed by atoms with van der Waals surface area (Å²) in [6, 6.07) is 1.89. The number of ether oxygens (including phenoxy) is 2. The van der Waals surface area contributed by atoms with Crippen LogP contribution < -0.4 is 11.1 Å². The van der Waals surface area contributed by atoms with Crippen LogP contribution in [0.3, 0.4) is 0 Å². The summed E-state index contributed by atoms with van der Waals surface area (Å²) in [6.07, 6.45) is 1.82. The van der Waals surface area contributed by atoms with Crippen molar-refractivity contribution in [1.82, 2.24) is 4.98 Å². The third kappa shape index (κ3) is 2.62. The van der Waals surface area contributed by atoms with Crippen molar-refractivity contribution in [1.29, 1.82) is 0 Å². The molecule has 1 atom stereocenters. The van der Waals surface area contributed by atoms with Crippen LogP contribution in [0.4, 0.5) is 11.5 Å². The smallest absolute Gasteiger partial charge is 0.149 e. The molecular weight excluding hydrogens is 206 g/mol. The molecule has 1 aromatic heterocycles. The molecule has 0 radical (unpaired) electrons. The average Bonchev–Trinajstić information content (AvgIpc) is 2.32. The Kier molecular flexibility index (Phi) is 3.58. The molecule has 0 spiro atoms. The largest absolute Gasteiger partial charge is 0.396 e. The van der Waals surface area contributed by atoms with E-state index in [-0.39, 0.29) is 6.10 Å². The topological polar surface area (TPSA) is 69.4 Å². The van der Waals surface area contributed by atoms with Crippen molar-refractivity contribution in [3.05, 3.63) is 17.8 Å². The highest BCUT2D eigenvalue weighted by molar-refractivity contribution is 5.64. The Morgan fingerprint density at radius 3 is 3.19 bits per heavy atom. The van der Waals surface area contributed by atoms with Gasteiger partial charge in [-0.25, -0.2) is 4.98 Å². The minimum absolute atomic E-state index is 0.0791. The molecule has 0 aliphatic carbocycles. The highest BCUT2D eigenvalue weighted by atomic mass is 16.6. The van der Waals surface area contributed by atoms with Crippen LogP contribution in [0.25, 0.3) is 0 Å². The highest BCUT2D eigenvalue weighted by Gasteiger charge is 2.14. The van der Waals surface area contributed by atoms with Gasteiger partial charge in [-0.1, -0.05) is 0 Å². The number of nitrogen functional groups attached to an aromatic ring is 1. The highest BCUT2D eigenvalue weighted by Crippen LogP contribution is 2.18. The van der Waals surface area contributed by atoms with Gasteiger partial charge in [0.05, 0.1) is 31.6 Å². The van der Waals surface area contributed by atoms with E-state index in [4.69, 9.17) is 15.2 Å². The maximum Gasteiger partial charge on any atom is 0.149 e. The number of aromatic nitrogens is 1. The third-order valence-corrected chi connectivity index (χ3v) is 2.59. The molecule has 5 heteroatoms. The van der Waals surface area contributed by atoms with Crippen LogP contribution in [0.5, 0.6) is 0 Å². The number of nitrogens with two attached hydrogens (primary N) is 1. The van der Waals surface area contributed by atoms with Crippen molar-refractivity contribution in [2.24, 2.45) is 0 Å². The maximum absolute atomic E-state index is 5.90. The van der Waals surface area contributed by atoms with Gasteiger partial charge in [0.2, 0.25) is 0 Å². The number of hydrogen-bond donors (Lipinski definition) is 2. The van der Waals surface area contributed by atoms with Gasteiger partial charge in [-0.05, 0) is 18.6 Å².